The van der Waals surface area contributed by atoms with E-state index in [0.717, 1.165) is 0 Å². The lowest BCUT2D eigenvalue weighted by Gasteiger charge is -1.95. The molecule has 0 amide bonds. The van der Waals surface area contributed by atoms with Gasteiger partial charge in [-0.2, -0.15) is 0 Å². The van der Waals surface area contributed by atoms with Crippen molar-refractivity contribution in [3.8, 4) is 0 Å². The first-order valence-electron chi connectivity index (χ1n) is 4.09. The van der Waals surface area contributed by atoms with Crippen LogP contribution in [0.25, 0.3) is 0 Å². The predicted molar refractivity (Wildman–Crippen MR) is 48.6 cm³/mol. The van der Waals surface area contributed by atoms with E-state index in [4.69, 9.17) is 9.84 Å². The Morgan fingerprint density at radius 3 is 2.79 bits per heavy atom. The number of carbonyl (C=O) groups is 2. The second-order valence-electron chi connectivity index (χ2n) is 2.77. The summed E-state index contributed by atoms with van der Waals surface area (Å²) in [6, 6.07) is 1.32. The molecule has 0 bridgehead atoms. The lowest BCUT2D eigenvalue weighted by Crippen LogP contribution is -2.02. The lowest BCUT2D eigenvalue weighted by molar-refractivity contribution is 0.0691. The summed E-state index contributed by atoms with van der Waals surface area (Å²) in [5.74, 6) is -1.20. The molecule has 0 spiro atoms. The average molecular weight is 197 g/mol. The number of ketones is 1. The van der Waals surface area contributed by atoms with E-state index in [1.165, 1.54) is 19.4 Å². The van der Waals surface area contributed by atoms with Gasteiger partial charge in [-0.1, -0.05) is 0 Å². The molecule has 0 saturated carbocycles. The number of nitrogens with one attached hydrogen (secondary N) is 1. The normalized spacial score (nSPS) is 10.1. The van der Waals surface area contributed by atoms with Crippen molar-refractivity contribution in [2.75, 3.05) is 13.7 Å². The van der Waals surface area contributed by atoms with Gasteiger partial charge in [-0.15, -0.1) is 0 Å². The van der Waals surface area contributed by atoms with Crippen LogP contribution >= 0.6 is 0 Å². The lowest BCUT2D eigenvalue weighted by atomic mass is 10.1. The van der Waals surface area contributed by atoms with Crippen LogP contribution in [0.5, 0.6) is 0 Å². The SMILES string of the molecule is COCCC(=O)c1c[nH]c(C(=O)O)c1. The molecular weight excluding hydrogens is 186 g/mol. The Balaban J connectivity index is 2.66. The van der Waals surface area contributed by atoms with Gasteiger partial charge in [0.25, 0.3) is 0 Å². The zero-order chi connectivity index (χ0) is 10.6. The first-order chi connectivity index (χ1) is 6.65. The maximum atomic E-state index is 11.3. The molecule has 5 heteroatoms. The zero-order valence-electron chi connectivity index (χ0n) is 7.74. The van der Waals surface area contributed by atoms with E-state index in [1.807, 2.05) is 0 Å². The molecule has 0 radical (unpaired) electrons. The van der Waals surface area contributed by atoms with Gasteiger partial charge in [-0.25, -0.2) is 4.79 Å². The van der Waals surface area contributed by atoms with Gasteiger partial charge < -0.3 is 14.8 Å². The highest BCUT2D eigenvalue weighted by atomic mass is 16.5. The maximum Gasteiger partial charge on any atom is 0.352 e. The third-order valence-electron chi connectivity index (χ3n) is 1.77. The number of methoxy groups -OCH3 is 1. The van der Waals surface area contributed by atoms with Crippen molar-refractivity contribution in [1.82, 2.24) is 4.98 Å². The predicted octanol–water partition coefficient (Wildman–Crippen LogP) is 0.932. The summed E-state index contributed by atoms with van der Waals surface area (Å²) in [6.45, 7) is 0.340. The van der Waals surface area contributed by atoms with Crippen molar-refractivity contribution in [3.05, 3.63) is 23.5 Å². The highest BCUT2D eigenvalue weighted by molar-refractivity contribution is 5.98. The first kappa shape index (κ1) is 10.5. The molecule has 76 valence electrons. The summed E-state index contributed by atoms with van der Waals surface area (Å²) >= 11 is 0. The van der Waals surface area contributed by atoms with Gasteiger partial charge in [0.1, 0.15) is 5.69 Å². The van der Waals surface area contributed by atoms with Crippen molar-refractivity contribution in [1.29, 1.82) is 0 Å². The molecule has 2 N–H and O–H groups in total. The van der Waals surface area contributed by atoms with Crippen molar-refractivity contribution in [3.63, 3.8) is 0 Å². The Hall–Kier alpha value is -1.62. The molecule has 0 fully saturated rings. The van der Waals surface area contributed by atoms with Crippen LogP contribution in [-0.2, 0) is 4.74 Å². The summed E-state index contributed by atoms with van der Waals surface area (Å²) in [5.41, 5.74) is 0.394. The fraction of sp³-hybridized carbons (Fsp3) is 0.333. The van der Waals surface area contributed by atoms with Crippen LogP contribution in [0, 0.1) is 0 Å². The Kier molecular flexibility index (Phi) is 3.41. The molecule has 5 nitrogen and oxygen atoms in total. The van der Waals surface area contributed by atoms with Gasteiger partial charge in [-0.05, 0) is 6.07 Å². The quantitative estimate of drug-likeness (QED) is 0.688. The van der Waals surface area contributed by atoms with Crippen molar-refractivity contribution < 1.29 is 19.4 Å². The second-order valence-corrected chi connectivity index (χ2v) is 2.77. The number of rotatable bonds is 5. The van der Waals surface area contributed by atoms with Crippen LogP contribution in [-0.4, -0.2) is 35.6 Å². The molecule has 0 aliphatic rings. The minimum absolute atomic E-state index is 0.0192. The standard InChI is InChI=1S/C9H11NO4/c1-14-3-2-8(11)6-4-7(9(12)13)10-5-6/h4-5,10H,2-3H2,1H3,(H,12,13). The molecule has 0 aromatic carbocycles. The highest BCUT2D eigenvalue weighted by Crippen LogP contribution is 2.06. The molecular formula is C9H11NO4. The molecule has 0 atom stereocenters. The average Bonchev–Trinajstić information content (AvgIpc) is 2.62. The van der Waals surface area contributed by atoms with Crippen molar-refractivity contribution in [2.24, 2.45) is 0 Å². The highest BCUT2D eigenvalue weighted by Gasteiger charge is 2.11. The van der Waals surface area contributed by atoms with Crippen LogP contribution in [0.15, 0.2) is 12.3 Å². The van der Waals surface area contributed by atoms with Gasteiger partial charge >= 0.3 is 5.97 Å². The van der Waals surface area contributed by atoms with Gasteiger partial charge in [0.05, 0.1) is 6.61 Å². The van der Waals surface area contributed by atoms with Gasteiger partial charge in [0, 0.05) is 25.3 Å². The molecule has 1 aromatic rings. The van der Waals surface area contributed by atoms with E-state index >= 15 is 0 Å². The number of ether oxygens (including phenoxy) is 1. The van der Waals surface area contributed by atoms with Crippen LogP contribution < -0.4 is 0 Å². The van der Waals surface area contributed by atoms with E-state index in [-0.39, 0.29) is 17.9 Å². The number of aromatic carboxylic acids is 1. The minimum Gasteiger partial charge on any atom is -0.477 e. The third kappa shape index (κ3) is 2.43. The summed E-state index contributed by atoms with van der Waals surface area (Å²) in [7, 11) is 1.51. The number of carboxylic acids is 1. The summed E-state index contributed by atoms with van der Waals surface area (Å²) in [5, 5.41) is 8.59. The van der Waals surface area contributed by atoms with E-state index in [1.54, 1.807) is 0 Å². The van der Waals surface area contributed by atoms with Gasteiger partial charge in [0.2, 0.25) is 0 Å². The summed E-state index contributed by atoms with van der Waals surface area (Å²) < 4.78 is 4.74. The number of Topliss-reactive ketones (excluding diaryl/α,β-unsaturated/α-hetero) is 1. The summed E-state index contributed by atoms with van der Waals surface area (Å²) in [6.07, 6.45) is 1.65. The Morgan fingerprint density at radius 1 is 1.57 bits per heavy atom. The van der Waals surface area contributed by atoms with Gasteiger partial charge in [0.15, 0.2) is 5.78 Å². The summed E-state index contributed by atoms with van der Waals surface area (Å²) in [4.78, 5) is 24.3. The minimum atomic E-state index is -1.07. The number of H-pyrrole nitrogens is 1. The molecule has 0 aliphatic heterocycles. The van der Waals surface area contributed by atoms with Crippen molar-refractivity contribution >= 4 is 11.8 Å². The molecule has 1 heterocycles. The first-order valence-corrected chi connectivity index (χ1v) is 4.09. The molecule has 0 saturated heterocycles. The fourth-order valence-corrected chi connectivity index (χ4v) is 1.02. The van der Waals surface area contributed by atoms with E-state index in [9.17, 15) is 9.59 Å². The third-order valence-corrected chi connectivity index (χ3v) is 1.77. The van der Waals surface area contributed by atoms with Crippen LogP contribution in [0.2, 0.25) is 0 Å². The number of hydrogen-bond acceptors (Lipinski definition) is 3. The van der Waals surface area contributed by atoms with Gasteiger partial charge in [-0.3, -0.25) is 4.79 Å². The van der Waals surface area contributed by atoms with Crippen LogP contribution in [0.3, 0.4) is 0 Å². The molecule has 0 unspecified atom stereocenters. The van der Waals surface area contributed by atoms with E-state index in [2.05, 4.69) is 4.98 Å². The van der Waals surface area contributed by atoms with Crippen LogP contribution in [0.4, 0.5) is 0 Å². The number of carbonyl (C=O) groups excluding carboxylic acids is 1. The second kappa shape index (κ2) is 4.57. The topological polar surface area (TPSA) is 79.4 Å². The molecule has 1 aromatic heterocycles. The van der Waals surface area contributed by atoms with E-state index < -0.39 is 5.97 Å². The van der Waals surface area contributed by atoms with E-state index in [0.29, 0.717) is 12.2 Å². The number of hydrogen-bond donors (Lipinski definition) is 2. The smallest absolute Gasteiger partial charge is 0.352 e. The van der Waals surface area contributed by atoms with Crippen molar-refractivity contribution in [2.45, 2.75) is 6.42 Å². The number of aromatic amines is 1. The number of carboxylic acid groups (broad SMARTS) is 1. The van der Waals surface area contributed by atoms with Crippen LogP contribution in [0.1, 0.15) is 27.3 Å². The monoisotopic (exact) mass is 197 g/mol. The fourth-order valence-electron chi connectivity index (χ4n) is 1.02. The molecule has 14 heavy (non-hydrogen) atoms. The Bertz CT molecular complexity index is 342. The Morgan fingerprint density at radius 2 is 2.29 bits per heavy atom. The molecule has 1 rings (SSSR count). The molecule has 0 aliphatic carbocycles. The Labute approximate surface area is 80.7 Å². The number of aromatic nitrogens is 1. The maximum absolute atomic E-state index is 11.3. The largest absolute Gasteiger partial charge is 0.477 e. The zero-order valence-corrected chi connectivity index (χ0v) is 7.74.